The van der Waals surface area contributed by atoms with Crippen molar-refractivity contribution >= 4 is 11.9 Å². The molecule has 6 nitrogen and oxygen atoms in total. The number of methoxy groups -OCH3 is 2. The number of hydrogen-bond acceptors (Lipinski definition) is 4. The summed E-state index contributed by atoms with van der Waals surface area (Å²) >= 11 is 0. The van der Waals surface area contributed by atoms with E-state index in [1.807, 2.05) is 36.4 Å². The fourth-order valence-electron chi connectivity index (χ4n) is 3.41. The Morgan fingerprint density at radius 2 is 1.70 bits per heavy atom. The molecule has 0 saturated heterocycles. The van der Waals surface area contributed by atoms with E-state index in [9.17, 15) is 14.7 Å². The molecule has 0 saturated carbocycles. The number of benzene rings is 2. The average Bonchev–Trinajstić information content (AvgIpc) is 2.70. The van der Waals surface area contributed by atoms with Gasteiger partial charge in [-0.15, -0.1) is 0 Å². The summed E-state index contributed by atoms with van der Waals surface area (Å²) in [5, 5.41) is 9.58. The second-order valence-electron chi connectivity index (χ2n) is 6.57. The number of rotatable bonds is 6. The van der Waals surface area contributed by atoms with E-state index in [0.717, 1.165) is 16.7 Å². The molecule has 1 heterocycles. The van der Waals surface area contributed by atoms with Gasteiger partial charge in [0.05, 0.1) is 14.2 Å². The molecule has 27 heavy (non-hydrogen) atoms. The van der Waals surface area contributed by atoms with Crippen LogP contribution in [0.4, 0.5) is 0 Å². The zero-order valence-corrected chi connectivity index (χ0v) is 15.5. The summed E-state index contributed by atoms with van der Waals surface area (Å²) in [6.45, 7) is 0.327. The third-order valence-electron chi connectivity index (χ3n) is 4.89. The van der Waals surface area contributed by atoms with Crippen molar-refractivity contribution in [2.45, 2.75) is 31.8 Å². The second kappa shape index (κ2) is 8.12. The van der Waals surface area contributed by atoms with E-state index >= 15 is 0 Å². The molecule has 1 N–H and O–H groups in total. The quantitative estimate of drug-likeness (QED) is 0.847. The number of aryl methyl sites for hydroxylation is 1. The topological polar surface area (TPSA) is 76.1 Å². The van der Waals surface area contributed by atoms with Gasteiger partial charge < -0.3 is 19.5 Å². The normalized spacial score (nSPS) is 15.8. The Morgan fingerprint density at radius 1 is 1.07 bits per heavy atom. The van der Waals surface area contributed by atoms with Crippen LogP contribution in [0.2, 0.25) is 0 Å². The number of carbonyl (C=O) groups is 2. The van der Waals surface area contributed by atoms with Gasteiger partial charge in [-0.25, -0.2) is 4.79 Å². The van der Waals surface area contributed by atoms with E-state index in [0.29, 0.717) is 30.9 Å². The van der Waals surface area contributed by atoms with Crippen LogP contribution in [-0.2, 0) is 29.0 Å². The van der Waals surface area contributed by atoms with E-state index in [2.05, 4.69) is 0 Å². The summed E-state index contributed by atoms with van der Waals surface area (Å²) in [5.74, 6) is 0.179. The van der Waals surface area contributed by atoms with Crippen molar-refractivity contribution in [2.75, 3.05) is 14.2 Å². The molecule has 0 fully saturated rings. The van der Waals surface area contributed by atoms with Crippen LogP contribution in [0.3, 0.4) is 0 Å². The number of aliphatic carboxylic acids is 1. The molecule has 0 aromatic heterocycles. The Labute approximate surface area is 158 Å². The third-order valence-corrected chi connectivity index (χ3v) is 4.89. The fraction of sp³-hybridized carbons (Fsp3) is 0.333. The molecule has 6 heteroatoms. The molecular weight excluding hydrogens is 346 g/mol. The molecule has 0 aliphatic carbocycles. The molecule has 0 spiro atoms. The van der Waals surface area contributed by atoms with Crippen LogP contribution < -0.4 is 9.47 Å². The highest BCUT2D eigenvalue weighted by molar-refractivity contribution is 5.84. The average molecular weight is 369 g/mol. The number of nitrogens with zero attached hydrogens (tertiary/aromatic N) is 1. The van der Waals surface area contributed by atoms with Gasteiger partial charge in [0, 0.05) is 25.5 Å². The van der Waals surface area contributed by atoms with E-state index in [1.54, 1.807) is 20.3 Å². The van der Waals surface area contributed by atoms with Gasteiger partial charge in [-0.1, -0.05) is 24.3 Å². The lowest BCUT2D eigenvalue weighted by molar-refractivity contribution is -0.151. The van der Waals surface area contributed by atoms with Crippen LogP contribution >= 0.6 is 0 Å². The molecule has 0 unspecified atom stereocenters. The third kappa shape index (κ3) is 4.22. The van der Waals surface area contributed by atoms with Crippen molar-refractivity contribution in [2.24, 2.45) is 0 Å². The number of carboxylic acids is 1. The number of fused-ring (bicyclic) bond motifs is 1. The molecule has 1 atom stereocenters. The van der Waals surface area contributed by atoms with Gasteiger partial charge in [0.2, 0.25) is 5.91 Å². The molecule has 142 valence electrons. The van der Waals surface area contributed by atoms with Crippen LogP contribution in [0.5, 0.6) is 11.5 Å². The van der Waals surface area contributed by atoms with Gasteiger partial charge in [-0.05, 0) is 35.2 Å². The molecule has 1 aliphatic rings. The predicted molar refractivity (Wildman–Crippen MR) is 100.0 cm³/mol. The van der Waals surface area contributed by atoms with Crippen molar-refractivity contribution in [1.29, 1.82) is 0 Å². The zero-order valence-electron chi connectivity index (χ0n) is 15.5. The maximum absolute atomic E-state index is 12.8. The Morgan fingerprint density at radius 3 is 2.30 bits per heavy atom. The minimum atomic E-state index is -0.971. The molecule has 1 amide bonds. The van der Waals surface area contributed by atoms with Crippen LogP contribution in [0.25, 0.3) is 0 Å². The van der Waals surface area contributed by atoms with Crippen LogP contribution in [0.15, 0.2) is 42.5 Å². The highest BCUT2D eigenvalue weighted by Gasteiger charge is 2.34. The Balaban J connectivity index is 1.74. The summed E-state index contributed by atoms with van der Waals surface area (Å²) in [5.41, 5.74) is 2.90. The summed E-state index contributed by atoms with van der Waals surface area (Å²) in [7, 11) is 3.15. The maximum Gasteiger partial charge on any atom is 0.326 e. The molecule has 2 aromatic carbocycles. The minimum absolute atomic E-state index is 0.168. The largest absolute Gasteiger partial charge is 0.497 e. The lowest BCUT2D eigenvalue weighted by Crippen LogP contribution is -2.48. The zero-order chi connectivity index (χ0) is 19.4. The number of hydrogen-bond donors (Lipinski definition) is 1. The molecule has 1 aliphatic heterocycles. The monoisotopic (exact) mass is 369 g/mol. The van der Waals surface area contributed by atoms with Gasteiger partial charge in [0.1, 0.15) is 17.5 Å². The first-order valence-electron chi connectivity index (χ1n) is 8.83. The van der Waals surface area contributed by atoms with Crippen molar-refractivity contribution in [3.63, 3.8) is 0 Å². The smallest absolute Gasteiger partial charge is 0.326 e. The summed E-state index contributed by atoms with van der Waals surface area (Å²) in [6.07, 6.45) is 1.05. The van der Waals surface area contributed by atoms with Crippen molar-refractivity contribution in [1.82, 2.24) is 4.90 Å². The number of ether oxygens (including phenoxy) is 2. The first kappa shape index (κ1) is 18.8. The lowest BCUT2D eigenvalue weighted by Gasteiger charge is -2.34. The highest BCUT2D eigenvalue weighted by Crippen LogP contribution is 2.26. The summed E-state index contributed by atoms with van der Waals surface area (Å²) in [6, 6.07) is 12.3. The van der Waals surface area contributed by atoms with Gasteiger partial charge in [-0.3, -0.25) is 4.79 Å². The van der Waals surface area contributed by atoms with Gasteiger partial charge >= 0.3 is 5.97 Å². The van der Waals surface area contributed by atoms with Crippen LogP contribution in [0, 0.1) is 0 Å². The predicted octanol–water partition coefficient (Wildman–Crippen LogP) is 2.67. The van der Waals surface area contributed by atoms with E-state index in [-0.39, 0.29) is 12.3 Å². The number of amides is 1. The highest BCUT2D eigenvalue weighted by atomic mass is 16.5. The molecule has 3 rings (SSSR count). The Bertz CT molecular complexity index is 826. The standard InChI is InChI=1S/C21H23NO5/c1-26-17-9-14(10-18(12-17)27-2)7-8-20(23)22-13-16-6-4-3-5-15(16)11-19(22)21(24)25/h3-6,9-10,12,19H,7-8,11,13H2,1-2H3,(H,24,25)/t19-/m1/s1. The van der Waals surface area contributed by atoms with Gasteiger partial charge in [0.25, 0.3) is 0 Å². The summed E-state index contributed by atoms with van der Waals surface area (Å²) in [4.78, 5) is 26.0. The van der Waals surface area contributed by atoms with Gasteiger partial charge in [0.15, 0.2) is 0 Å². The molecule has 0 radical (unpaired) electrons. The maximum atomic E-state index is 12.8. The molecular formula is C21H23NO5. The van der Waals surface area contributed by atoms with E-state index in [4.69, 9.17) is 9.47 Å². The molecule has 2 aromatic rings. The Hall–Kier alpha value is -3.02. The number of carboxylic acid groups (broad SMARTS) is 1. The first-order chi connectivity index (χ1) is 13.0. The fourth-order valence-corrected chi connectivity index (χ4v) is 3.41. The van der Waals surface area contributed by atoms with Crippen LogP contribution in [0.1, 0.15) is 23.1 Å². The molecule has 0 bridgehead atoms. The van der Waals surface area contributed by atoms with Crippen molar-refractivity contribution < 1.29 is 24.2 Å². The van der Waals surface area contributed by atoms with Crippen molar-refractivity contribution in [3.8, 4) is 11.5 Å². The number of carbonyl (C=O) groups excluding carboxylic acids is 1. The summed E-state index contributed by atoms with van der Waals surface area (Å²) < 4.78 is 10.5. The SMILES string of the molecule is COc1cc(CCC(=O)N2Cc3ccccc3C[C@@H]2C(=O)O)cc(OC)c1. The second-order valence-corrected chi connectivity index (χ2v) is 6.57. The van der Waals surface area contributed by atoms with Crippen molar-refractivity contribution in [3.05, 3.63) is 59.2 Å². The minimum Gasteiger partial charge on any atom is -0.497 e. The first-order valence-corrected chi connectivity index (χ1v) is 8.83. The van der Waals surface area contributed by atoms with Crippen LogP contribution in [-0.4, -0.2) is 42.1 Å². The lowest BCUT2D eigenvalue weighted by atomic mass is 9.93. The van der Waals surface area contributed by atoms with Gasteiger partial charge in [-0.2, -0.15) is 0 Å². The van der Waals surface area contributed by atoms with E-state index < -0.39 is 12.0 Å². The van der Waals surface area contributed by atoms with E-state index in [1.165, 1.54) is 4.90 Å². The Kier molecular flexibility index (Phi) is 5.64.